The van der Waals surface area contributed by atoms with Crippen molar-refractivity contribution in [2.45, 2.75) is 25.7 Å². The summed E-state index contributed by atoms with van der Waals surface area (Å²) in [6.45, 7) is 2.96. The zero-order valence-corrected chi connectivity index (χ0v) is 12.5. The second kappa shape index (κ2) is 6.79. The lowest BCUT2D eigenvalue weighted by Gasteiger charge is -2.18. The van der Waals surface area contributed by atoms with Crippen LogP contribution < -0.4 is 10.2 Å². The molecule has 1 aromatic carbocycles. The molecule has 0 spiro atoms. The molecule has 1 amide bonds. The monoisotopic (exact) mass is 284 g/mol. The van der Waals surface area contributed by atoms with Gasteiger partial charge in [-0.15, -0.1) is 0 Å². The lowest BCUT2D eigenvalue weighted by molar-refractivity contribution is -0.121. The minimum atomic E-state index is 0.213. The van der Waals surface area contributed by atoms with Gasteiger partial charge in [0.25, 0.3) is 0 Å². The molecule has 1 heterocycles. The maximum Gasteiger partial charge on any atom is 0.220 e. The van der Waals surface area contributed by atoms with E-state index in [0.29, 0.717) is 18.3 Å². The van der Waals surface area contributed by atoms with Crippen molar-refractivity contribution in [3.8, 4) is 0 Å². The molecule has 1 aromatic rings. The zero-order valence-electron chi connectivity index (χ0n) is 12.5. The molecule has 1 saturated heterocycles. The van der Waals surface area contributed by atoms with Gasteiger partial charge in [-0.3, -0.25) is 4.79 Å². The number of hydrogen-bond donors (Lipinski definition) is 1. The normalized spacial score (nSPS) is 24.5. The van der Waals surface area contributed by atoms with Gasteiger partial charge in [-0.2, -0.15) is 0 Å². The van der Waals surface area contributed by atoms with E-state index in [2.05, 4.69) is 52.7 Å². The number of carbonyl (C=O) groups is 1. The van der Waals surface area contributed by atoms with Gasteiger partial charge in [0.15, 0.2) is 0 Å². The van der Waals surface area contributed by atoms with Gasteiger partial charge in [-0.1, -0.05) is 30.4 Å². The van der Waals surface area contributed by atoms with E-state index in [1.807, 2.05) is 0 Å². The number of nitrogens with zero attached hydrogens (tertiary/aromatic N) is 1. The Hall–Kier alpha value is -1.77. The van der Waals surface area contributed by atoms with E-state index < -0.39 is 0 Å². The van der Waals surface area contributed by atoms with Gasteiger partial charge >= 0.3 is 0 Å². The number of benzene rings is 1. The van der Waals surface area contributed by atoms with Crippen LogP contribution in [0.4, 0.5) is 5.69 Å². The summed E-state index contributed by atoms with van der Waals surface area (Å²) in [5.41, 5.74) is 1.29. The first-order chi connectivity index (χ1) is 10.3. The molecule has 3 nitrogen and oxygen atoms in total. The maximum absolute atomic E-state index is 11.9. The smallest absolute Gasteiger partial charge is 0.220 e. The highest BCUT2D eigenvalue weighted by Gasteiger charge is 2.23. The van der Waals surface area contributed by atoms with Crippen LogP contribution in [-0.2, 0) is 4.79 Å². The highest BCUT2D eigenvalue weighted by atomic mass is 16.1. The molecule has 112 valence electrons. The first-order valence-electron chi connectivity index (χ1n) is 8.04. The fourth-order valence-electron chi connectivity index (χ4n) is 3.31. The topological polar surface area (TPSA) is 32.3 Å². The summed E-state index contributed by atoms with van der Waals surface area (Å²) in [4.78, 5) is 14.4. The fraction of sp³-hybridized carbons (Fsp3) is 0.500. The summed E-state index contributed by atoms with van der Waals surface area (Å²) in [7, 11) is 0. The Balaban J connectivity index is 1.40. The number of allylic oxidation sites excluding steroid dienone is 2. The Kier molecular flexibility index (Phi) is 4.59. The minimum Gasteiger partial charge on any atom is -0.371 e. The molecule has 3 rings (SSSR count). The number of rotatable bonds is 5. The van der Waals surface area contributed by atoms with Crippen molar-refractivity contribution < 1.29 is 4.79 Å². The largest absolute Gasteiger partial charge is 0.371 e. The molecule has 0 aromatic heterocycles. The molecule has 0 saturated carbocycles. The SMILES string of the molecule is O=C(C[C@H]1C=CCC1)NC[C@H]1CCN(c2ccccc2)C1. The summed E-state index contributed by atoms with van der Waals surface area (Å²) in [6, 6.07) is 10.5. The summed E-state index contributed by atoms with van der Waals surface area (Å²) >= 11 is 0. The summed E-state index contributed by atoms with van der Waals surface area (Å²) in [5.74, 6) is 1.26. The average molecular weight is 284 g/mol. The molecule has 1 aliphatic carbocycles. The zero-order chi connectivity index (χ0) is 14.5. The van der Waals surface area contributed by atoms with Crippen molar-refractivity contribution in [2.24, 2.45) is 11.8 Å². The molecule has 0 bridgehead atoms. The van der Waals surface area contributed by atoms with Crippen LogP contribution in [0.1, 0.15) is 25.7 Å². The van der Waals surface area contributed by atoms with Crippen molar-refractivity contribution >= 4 is 11.6 Å². The quantitative estimate of drug-likeness (QED) is 0.843. The van der Waals surface area contributed by atoms with E-state index in [9.17, 15) is 4.79 Å². The lowest BCUT2D eigenvalue weighted by atomic mass is 10.0. The van der Waals surface area contributed by atoms with Gasteiger partial charge in [0.2, 0.25) is 5.91 Å². The van der Waals surface area contributed by atoms with Crippen LogP contribution in [0.5, 0.6) is 0 Å². The van der Waals surface area contributed by atoms with Gasteiger partial charge in [-0.05, 0) is 43.2 Å². The molecule has 1 fully saturated rings. The number of hydrogen-bond acceptors (Lipinski definition) is 2. The van der Waals surface area contributed by atoms with E-state index in [4.69, 9.17) is 0 Å². The van der Waals surface area contributed by atoms with Crippen LogP contribution in [0, 0.1) is 11.8 Å². The Bertz CT molecular complexity index is 497. The molecular weight excluding hydrogens is 260 g/mol. The molecule has 2 atom stereocenters. The van der Waals surface area contributed by atoms with Crippen molar-refractivity contribution in [3.05, 3.63) is 42.5 Å². The van der Waals surface area contributed by atoms with Crippen LogP contribution >= 0.6 is 0 Å². The van der Waals surface area contributed by atoms with Crippen molar-refractivity contribution in [2.75, 3.05) is 24.5 Å². The fourth-order valence-corrected chi connectivity index (χ4v) is 3.31. The van der Waals surface area contributed by atoms with Gasteiger partial charge in [0.05, 0.1) is 0 Å². The summed E-state index contributed by atoms with van der Waals surface area (Å²) in [6.07, 6.45) is 8.47. The maximum atomic E-state index is 11.9. The standard InChI is InChI=1S/C18H24N2O/c21-18(12-15-6-4-5-7-15)19-13-16-10-11-20(14-16)17-8-2-1-3-9-17/h1-4,6,8-9,15-16H,5,7,10-14H2,(H,19,21)/t15-,16+/m0/s1. The Labute approximate surface area is 127 Å². The Morgan fingerprint density at radius 2 is 2.10 bits per heavy atom. The van der Waals surface area contributed by atoms with Crippen molar-refractivity contribution in [3.63, 3.8) is 0 Å². The van der Waals surface area contributed by atoms with E-state index in [0.717, 1.165) is 32.5 Å². The van der Waals surface area contributed by atoms with Crippen LogP contribution in [0.3, 0.4) is 0 Å². The van der Waals surface area contributed by atoms with Gasteiger partial charge in [0, 0.05) is 31.7 Å². The van der Waals surface area contributed by atoms with Crippen molar-refractivity contribution in [1.82, 2.24) is 5.32 Å². The molecule has 0 radical (unpaired) electrons. The number of anilines is 1. The van der Waals surface area contributed by atoms with Crippen LogP contribution in [0.25, 0.3) is 0 Å². The number of amides is 1. The van der Waals surface area contributed by atoms with E-state index in [-0.39, 0.29) is 5.91 Å². The lowest BCUT2D eigenvalue weighted by Crippen LogP contribution is -2.31. The third-order valence-corrected chi connectivity index (χ3v) is 4.56. The predicted molar refractivity (Wildman–Crippen MR) is 86.3 cm³/mol. The first-order valence-corrected chi connectivity index (χ1v) is 8.04. The van der Waals surface area contributed by atoms with Gasteiger partial charge in [-0.25, -0.2) is 0 Å². The average Bonchev–Trinajstić information content (AvgIpc) is 3.17. The molecular formula is C18H24N2O. The second-order valence-electron chi connectivity index (χ2n) is 6.21. The van der Waals surface area contributed by atoms with Crippen LogP contribution in [0.2, 0.25) is 0 Å². The van der Waals surface area contributed by atoms with E-state index >= 15 is 0 Å². The molecule has 2 aliphatic rings. The predicted octanol–water partition coefficient (Wildman–Crippen LogP) is 2.99. The first kappa shape index (κ1) is 14.2. The van der Waals surface area contributed by atoms with E-state index in [1.165, 1.54) is 12.1 Å². The van der Waals surface area contributed by atoms with Gasteiger partial charge < -0.3 is 10.2 Å². The second-order valence-corrected chi connectivity index (χ2v) is 6.21. The number of para-hydroxylation sites is 1. The molecule has 21 heavy (non-hydrogen) atoms. The minimum absolute atomic E-state index is 0.213. The Morgan fingerprint density at radius 3 is 2.86 bits per heavy atom. The highest BCUT2D eigenvalue weighted by molar-refractivity contribution is 5.76. The number of nitrogens with one attached hydrogen (secondary N) is 1. The summed E-state index contributed by atoms with van der Waals surface area (Å²) in [5, 5.41) is 3.12. The van der Waals surface area contributed by atoms with Gasteiger partial charge in [0.1, 0.15) is 0 Å². The third-order valence-electron chi connectivity index (χ3n) is 4.56. The Morgan fingerprint density at radius 1 is 1.24 bits per heavy atom. The summed E-state index contributed by atoms with van der Waals surface area (Å²) < 4.78 is 0. The van der Waals surface area contributed by atoms with Crippen LogP contribution in [-0.4, -0.2) is 25.5 Å². The van der Waals surface area contributed by atoms with Crippen LogP contribution in [0.15, 0.2) is 42.5 Å². The molecule has 1 aliphatic heterocycles. The van der Waals surface area contributed by atoms with E-state index in [1.54, 1.807) is 0 Å². The molecule has 3 heteroatoms. The van der Waals surface area contributed by atoms with Crippen molar-refractivity contribution in [1.29, 1.82) is 0 Å². The number of carbonyl (C=O) groups excluding carboxylic acids is 1. The molecule has 1 N–H and O–H groups in total. The highest BCUT2D eigenvalue weighted by Crippen LogP contribution is 2.23. The third kappa shape index (κ3) is 3.87. The molecule has 0 unspecified atom stereocenters.